The van der Waals surface area contributed by atoms with Gasteiger partial charge in [-0.25, -0.2) is 15.4 Å². The molecule has 2 heterocycles. The molecule has 128 valence electrons. The van der Waals surface area contributed by atoms with E-state index in [-0.39, 0.29) is 6.42 Å². The maximum Gasteiger partial charge on any atom is 0.247 e. The first-order valence-corrected chi connectivity index (χ1v) is 7.57. The van der Waals surface area contributed by atoms with E-state index in [4.69, 9.17) is 9.94 Å². The number of benzene rings is 1. The quantitative estimate of drug-likeness (QED) is 0.482. The first-order valence-electron chi connectivity index (χ1n) is 7.57. The van der Waals surface area contributed by atoms with E-state index in [9.17, 15) is 4.79 Å². The van der Waals surface area contributed by atoms with Crippen LogP contribution in [0.5, 0.6) is 5.88 Å². The third-order valence-corrected chi connectivity index (χ3v) is 3.56. The normalized spacial score (nSPS) is 10.5. The number of carbonyl (C=O) groups is 1. The number of carbonyl (C=O) groups excluding carboxylic acids is 1. The van der Waals surface area contributed by atoms with Gasteiger partial charge in [-0.05, 0) is 30.7 Å². The van der Waals surface area contributed by atoms with Crippen molar-refractivity contribution in [1.82, 2.24) is 20.4 Å². The third-order valence-electron chi connectivity index (χ3n) is 3.56. The van der Waals surface area contributed by atoms with Crippen LogP contribution in [0.25, 0.3) is 11.0 Å². The van der Waals surface area contributed by atoms with Crippen LogP contribution in [0.15, 0.2) is 36.4 Å². The monoisotopic (exact) mass is 339 g/mol. The number of hydrogen-bond donors (Lipinski definition) is 3. The van der Waals surface area contributed by atoms with Crippen molar-refractivity contribution in [3.05, 3.63) is 47.8 Å². The molecular weight excluding hydrogens is 322 g/mol. The Bertz CT molecular complexity index is 912. The lowest BCUT2D eigenvalue weighted by Gasteiger charge is -2.10. The minimum absolute atomic E-state index is 0.107. The molecule has 0 bridgehead atoms. The fourth-order valence-electron chi connectivity index (χ4n) is 2.38. The van der Waals surface area contributed by atoms with Gasteiger partial charge in [-0.15, -0.1) is 0 Å². The predicted molar refractivity (Wildman–Crippen MR) is 92.0 cm³/mol. The lowest BCUT2D eigenvalue weighted by atomic mass is 10.1. The number of pyridine rings is 1. The fourth-order valence-corrected chi connectivity index (χ4v) is 2.38. The maximum atomic E-state index is 11.2. The van der Waals surface area contributed by atoms with Gasteiger partial charge < -0.3 is 10.1 Å². The molecular formula is C17H17N5O3. The molecule has 1 aromatic carbocycles. The smallest absolute Gasteiger partial charge is 0.247 e. The van der Waals surface area contributed by atoms with Crippen LogP contribution in [0, 0.1) is 6.92 Å². The SMILES string of the molecule is COc1ccc2c(Nc3ccc(CC(=O)NO)cc3)nc(C)nc2n1. The van der Waals surface area contributed by atoms with Gasteiger partial charge in [0.15, 0.2) is 5.65 Å². The third kappa shape index (κ3) is 3.81. The topological polar surface area (TPSA) is 109 Å². The van der Waals surface area contributed by atoms with E-state index in [1.54, 1.807) is 37.7 Å². The van der Waals surface area contributed by atoms with Crippen LogP contribution >= 0.6 is 0 Å². The summed E-state index contributed by atoms with van der Waals surface area (Å²) >= 11 is 0. The molecule has 8 heteroatoms. The average molecular weight is 339 g/mol. The molecule has 3 aromatic rings. The zero-order chi connectivity index (χ0) is 17.8. The largest absolute Gasteiger partial charge is 0.481 e. The molecule has 3 rings (SSSR count). The first kappa shape index (κ1) is 16.6. The Morgan fingerprint density at radius 1 is 1.12 bits per heavy atom. The number of rotatable bonds is 5. The van der Waals surface area contributed by atoms with Crippen LogP contribution in [0.4, 0.5) is 11.5 Å². The molecule has 3 N–H and O–H groups in total. The Labute approximate surface area is 143 Å². The van der Waals surface area contributed by atoms with Crippen LogP contribution in [0.1, 0.15) is 11.4 Å². The molecule has 0 unspecified atom stereocenters. The molecule has 0 aliphatic rings. The number of anilines is 2. The van der Waals surface area contributed by atoms with Crippen LogP contribution < -0.4 is 15.5 Å². The number of nitrogens with zero attached hydrogens (tertiary/aromatic N) is 3. The Morgan fingerprint density at radius 3 is 2.56 bits per heavy atom. The lowest BCUT2D eigenvalue weighted by Crippen LogP contribution is -2.20. The summed E-state index contributed by atoms with van der Waals surface area (Å²) in [6.45, 7) is 1.79. The second-order valence-electron chi connectivity index (χ2n) is 5.38. The number of hydroxylamine groups is 1. The van der Waals surface area contributed by atoms with Gasteiger partial charge in [0, 0.05) is 11.8 Å². The van der Waals surface area contributed by atoms with Crippen molar-refractivity contribution in [3.8, 4) is 5.88 Å². The first-order chi connectivity index (χ1) is 12.1. The van der Waals surface area contributed by atoms with Crippen molar-refractivity contribution in [2.45, 2.75) is 13.3 Å². The summed E-state index contributed by atoms with van der Waals surface area (Å²) in [5.74, 6) is 1.26. The van der Waals surface area contributed by atoms with Gasteiger partial charge in [-0.2, -0.15) is 4.98 Å². The molecule has 8 nitrogen and oxygen atoms in total. The zero-order valence-electron chi connectivity index (χ0n) is 13.8. The lowest BCUT2D eigenvalue weighted by molar-refractivity contribution is -0.128. The van der Waals surface area contributed by atoms with Crippen molar-refractivity contribution in [2.75, 3.05) is 12.4 Å². The van der Waals surface area contributed by atoms with Crippen molar-refractivity contribution in [3.63, 3.8) is 0 Å². The summed E-state index contributed by atoms with van der Waals surface area (Å²) in [7, 11) is 1.56. The van der Waals surface area contributed by atoms with Gasteiger partial charge in [0.2, 0.25) is 11.8 Å². The van der Waals surface area contributed by atoms with E-state index in [2.05, 4.69) is 20.3 Å². The van der Waals surface area contributed by atoms with Gasteiger partial charge in [0.25, 0.3) is 0 Å². The highest BCUT2D eigenvalue weighted by atomic mass is 16.5. The zero-order valence-corrected chi connectivity index (χ0v) is 13.8. The van der Waals surface area contributed by atoms with Crippen molar-refractivity contribution in [2.24, 2.45) is 0 Å². The molecule has 2 aromatic heterocycles. The van der Waals surface area contributed by atoms with Crippen LogP contribution in [0.2, 0.25) is 0 Å². The van der Waals surface area contributed by atoms with Crippen molar-refractivity contribution >= 4 is 28.4 Å². The standard InChI is InChI=1S/C17H17N5O3/c1-10-18-16(13-7-8-15(25-2)21-17(13)19-10)20-12-5-3-11(4-6-12)9-14(23)22-24/h3-8,24H,9H2,1-2H3,(H,22,23)(H,18,19,20,21). The summed E-state index contributed by atoms with van der Waals surface area (Å²) in [6.07, 6.45) is 0.107. The molecule has 25 heavy (non-hydrogen) atoms. The predicted octanol–water partition coefficient (Wildman–Crippen LogP) is 2.13. The highest BCUT2D eigenvalue weighted by molar-refractivity contribution is 5.88. The summed E-state index contributed by atoms with van der Waals surface area (Å²) in [4.78, 5) is 24.3. The van der Waals surface area contributed by atoms with E-state index >= 15 is 0 Å². The highest BCUT2D eigenvalue weighted by Gasteiger charge is 2.09. The minimum atomic E-state index is -0.460. The van der Waals surface area contributed by atoms with Crippen molar-refractivity contribution in [1.29, 1.82) is 0 Å². The molecule has 0 atom stereocenters. The molecule has 0 radical (unpaired) electrons. The number of ether oxygens (including phenoxy) is 1. The van der Waals surface area contributed by atoms with Gasteiger partial charge >= 0.3 is 0 Å². The van der Waals surface area contributed by atoms with E-state index in [0.29, 0.717) is 23.2 Å². The highest BCUT2D eigenvalue weighted by Crippen LogP contribution is 2.25. The maximum absolute atomic E-state index is 11.2. The molecule has 0 aliphatic carbocycles. The average Bonchev–Trinajstić information content (AvgIpc) is 2.62. The number of amides is 1. The van der Waals surface area contributed by atoms with Crippen LogP contribution in [-0.4, -0.2) is 33.2 Å². The van der Waals surface area contributed by atoms with Gasteiger partial charge in [0.1, 0.15) is 11.6 Å². The summed E-state index contributed by atoms with van der Waals surface area (Å²) in [5, 5.41) is 12.6. The van der Waals surface area contributed by atoms with E-state index in [0.717, 1.165) is 16.6 Å². The molecule has 1 amide bonds. The molecule has 0 spiro atoms. The summed E-state index contributed by atoms with van der Waals surface area (Å²) in [6, 6.07) is 10.9. The summed E-state index contributed by atoms with van der Waals surface area (Å²) < 4.78 is 5.13. The number of nitrogens with one attached hydrogen (secondary N) is 2. The second kappa shape index (κ2) is 7.10. The minimum Gasteiger partial charge on any atom is -0.481 e. The van der Waals surface area contributed by atoms with Gasteiger partial charge in [-0.3, -0.25) is 10.0 Å². The van der Waals surface area contributed by atoms with Gasteiger partial charge in [0.05, 0.1) is 18.9 Å². The Morgan fingerprint density at radius 2 is 1.88 bits per heavy atom. The summed E-state index contributed by atoms with van der Waals surface area (Å²) in [5.41, 5.74) is 3.75. The second-order valence-corrected chi connectivity index (χ2v) is 5.38. The number of aryl methyl sites for hydroxylation is 1. The number of aromatic nitrogens is 3. The number of hydrogen-bond acceptors (Lipinski definition) is 7. The van der Waals surface area contributed by atoms with E-state index in [1.165, 1.54) is 0 Å². The molecule has 0 saturated carbocycles. The fraction of sp³-hybridized carbons (Fsp3) is 0.176. The molecule has 0 saturated heterocycles. The molecule has 0 aliphatic heterocycles. The Hall–Kier alpha value is -3.26. The van der Waals surface area contributed by atoms with Crippen LogP contribution in [0.3, 0.4) is 0 Å². The van der Waals surface area contributed by atoms with Crippen molar-refractivity contribution < 1.29 is 14.7 Å². The Balaban J connectivity index is 1.88. The number of methoxy groups -OCH3 is 1. The van der Waals surface area contributed by atoms with Gasteiger partial charge in [-0.1, -0.05) is 12.1 Å². The number of fused-ring (bicyclic) bond motifs is 1. The molecule has 0 fully saturated rings. The Kier molecular flexibility index (Phi) is 4.71. The van der Waals surface area contributed by atoms with E-state index < -0.39 is 5.91 Å². The van der Waals surface area contributed by atoms with Crippen LogP contribution in [-0.2, 0) is 11.2 Å². The van der Waals surface area contributed by atoms with E-state index in [1.807, 2.05) is 18.2 Å².